The lowest BCUT2D eigenvalue weighted by Crippen LogP contribution is -2.13. The molecule has 1 saturated heterocycles. The Kier molecular flexibility index (Phi) is 3.07. The lowest BCUT2D eigenvalue weighted by Gasteiger charge is -2.07. The summed E-state index contributed by atoms with van der Waals surface area (Å²) < 4.78 is 5.51. The first-order valence-corrected chi connectivity index (χ1v) is 5.46. The van der Waals surface area contributed by atoms with Crippen LogP contribution < -0.4 is 0 Å². The highest BCUT2D eigenvalue weighted by Crippen LogP contribution is 2.28. The summed E-state index contributed by atoms with van der Waals surface area (Å²) >= 11 is 0. The number of nitrogens with zero attached hydrogens (tertiary/aromatic N) is 2. The van der Waals surface area contributed by atoms with Crippen LogP contribution in [0.5, 0.6) is 0 Å². The van der Waals surface area contributed by atoms with Crippen LogP contribution in [-0.4, -0.2) is 41.7 Å². The first-order chi connectivity index (χ1) is 7.20. The van der Waals surface area contributed by atoms with E-state index < -0.39 is 0 Å². The van der Waals surface area contributed by atoms with Gasteiger partial charge in [-0.25, -0.2) is 4.98 Å². The molecule has 4 nitrogen and oxygen atoms in total. The van der Waals surface area contributed by atoms with Gasteiger partial charge < -0.3 is 14.4 Å². The van der Waals surface area contributed by atoms with Crippen LogP contribution in [0.25, 0.3) is 0 Å². The van der Waals surface area contributed by atoms with Crippen molar-refractivity contribution in [2.75, 3.05) is 26.7 Å². The molecule has 1 fully saturated rings. The second-order valence-corrected chi connectivity index (χ2v) is 4.27. The second kappa shape index (κ2) is 4.33. The van der Waals surface area contributed by atoms with Gasteiger partial charge in [0.05, 0.1) is 12.3 Å². The van der Waals surface area contributed by atoms with Crippen LogP contribution in [0.2, 0.25) is 0 Å². The van der Waals surface area contributed by atoms with E-state index in [0.717, 1.165) is 31.0 Å². The van der Waals surface area contributed by atoms with E-state index >= 15 is 0 Å². The average molecular weight is 210 g/mol. The molecule has 1 aromatic rings. The normalized spacial score (nSPS) is 22.5. The number of oxazole rings is 1. The number of likely N-dealkylation sites (N-methyl/N-ethyl adjacent to an activating group) is 1. The largest absolute Gasteiger partial charge is 0.446 e. The molecule has 1 atom stereocenters. The highest BCUT2D eigenvalue weighted by atomic mass is 16.4. The van der Waals surface area contributed by atoms with Crippen molar-refractivity contribution in [3.8, 4) is 0 Å². The molecular weight excluding hydrogens is 192 g/mol. The van der Waals surface area contributed by atoms with Crippen molar-refractivity contribution in [3.63, 3.8) is 0 Å². The number of aromatic nitrogens is 1. The molecule has 2 heterocycles. The molecule has 1 aliphatic rings. The molecule has 1 aromatic heterocycles. The van der Waals surface area contributed by atoms with E-state index in [1.54, 1.807) is 0 Å². The Morgan fingerprint density at radius 1 is 1.60 bits per heavy atom. The zero-order valence-corrected chi connectivity index (χ0v) is 9.36. The maximum absolute atomic E-state index is 8.82. The Labute approximate surface area is 89.9 Å². The van der Waals surface area contributed by atoms with E-state index in [9.17, 15) is 0 Å². The molecule has 2 rings (SSSR count). The number of aryl methyl sites for hydroxylation is 1. The quantitative estimate of drug-likeness (QED) is 0.806. The molecule has 84 valence electrons. The Morgan fingerprint density at radius 2 is 2.40 bits per heavy atom. The van der Waals surface area contributed by atoms with Crippen LogP contribution >= 0.6 is 0 Å². The molecule has 0 amide bonds. The molecule has 4 heteroatoms. The average Bonchev–Trinajstić information content (AvgIpc) is 2.73. The third-order valence-electron chi connectivity index (χ3n) is 2.98. The standard InChI is InChI=1S/C11H18N2O2/c1-8-11(9-3-5-13(2)7-9)12-10(15-8)4-6-14/h9,14H,3-7H2,1-2H3. The minimum atomic E-state index is 0.101. The van der Waals surface area contributed by atoms with Crippen LogP contribution in [0.1, 0.15) is 29.7 Å². The molecule has 0 aromatic carbocycles. The van der Waals surface area contributed by atoms with Gasteiger partial charge in [-0.1, -0.05) is 0 Å². The van der Waals surface area contributed by atoms with Crippen molar-refractivity contribution in [1.29, 1.82) is 0 Å². The summed E-state index contributed by atoms with van der Waals surface area (Å²) in [5.74, 6) is 2.09. The second-order valence-electron chi connectivity index (χ2n) is 4.27. The van der Waals surface area contributed by atoms with Gasteiger partial charge in [0, 0.05) is 18.9 Å². The maximum Gasteiger partial charge on any atom is 0.196 e. The monoisotopic (exact) mass is 210 g/mol. The number of hydrogen-bond acceptors (Lipinski definition) is 4. The summed E-state index contributed by atoms with van der Waals surface area (Å²) in [6.07, 6.45) is 1.67. The zero-order chi connectivity index (χ0) is 10.8. The zero-order valence-electron chi connectivity index (χ0n) is 9.36. The highest BCUT2D eigenvalue weighted by Gasteiger charge is 2.26. The van der Waals surface area contributed by atoms with Crippen molar-refractivity contribution >= 4 is 0 Å². The van der Waals surface area contributed by atoms with Gasteiger partial charge in [0.1, 0.15) is 5.76 Å². The molecule has 0 bridgehead atoms. The molecule has 1 aliphatic heterocycles. The molecule has 0 aliphatic carbocycles. The van der Waals surface area contributed by atoms with Crippen LogP contribution in [0.15, 0.2) is 4.42 Å². The third kappa shape index (κ3) is 2.21. The summed E-state index contributed by atoms with van der Waals surface area (Å²) in [7, 11) is 2.13. The minimum Gasteiger partial charge on any atom is -0.446 e. The van der Waals surface area contributed by atoms with Crippen molar-refractivity contribution < 1.29 is 9.52 Å². The predicted octanol–water partition coefficient (Wildman–Crippen LogP) is 0.937. The van der Waals surface area contributed by atoms with Gasteiger partial charge in [-0.05, 0) is 26.9 Å². The van der Waals surface area contributed by atoms with E-state index in [2.05, 4.69) is 16.9 Å². The Morgan fingerprint density at radius 3 is 3.00 bits per heavy atom. The van der Waals surface area contributed by atoms with Crippen molar-refractivity contribution in [1.82, 2.24) is 9.88 Å². The molecule has 1 unspecified atom stereocenters. The summed E-state index contributed by atoms with van der Waals surface area (Å²) in [6, 6.07) is 0. The minimum absolute atomic E-state index is 0.101. The predicted molar refractivity (Wildman–Crippen MR) is 56.9 cm³/mol. The van der Waals surface area contributed by atoms with E-state index in [1.807, 2.05) is 6.92 Å². The first-order valence-electron chi connectivity index (χ1n) is 5.46. The smallest absolute Gasteiger partial charge is 0.196 e. The van der Waals surface area contributed by atoms with Gasteiger partial charge in [0.25, 0.3) is 0 Å². The summed E-state index contributed by atoms with van der Waals surface area (Å²) in [5, 5.41) is 8.82. The third-order valence-corrected chi connectivity index (χ3v) is 2.98. The summed E-state index contributed by atoms with van der Waals surface area (Å²) in [5.41, 5.74) is 1.09. The van der Waals surface area contributed by atoms with Crippen LogP contribution in [0.3, 0.4) is 0 Å². The highest BCUT2D eigenvalue weighted by molar-refractivity contribution is 5.16. The van der Waals surface area contributed by atoms with Crippen molar-refractivity contribution in [2.24, 2.45) is 0 Å². The number of aliphatic hydroxyl groups is 1. The van der Waals surface area contributed by atoms with Crippen molar-refractivity contribution in [3.05, 3.63) is 17.3 Å². The molecule has 15 heavy (non-hydrogen) atoms. The first kappa shape index (κ1) is 10.6. The molecule has 0 spiro atoms. The lowest BCUT2D eigenvalue weighted by molar-refractivity contribution is 0.284. The van der Waals surface area contributed by atoms with Gasteiger partial charge >= 0.3 is 0 Å². The van der Waals surface area contributed by atoms with Gasteiger partial charge in [-0.15, -0.1) is 0 Å². The Hall–Kier alpha value is -0.870. The molecule has 0 saturated carbocycles. The number of rotatable bonds is 3. The molecule has 0 radical (unpaired) electrons. The number of aliphatic hydroxyl groups excluding tert-OH is 1. The Balaban J connectivity index is 2.13. The van der Waals surface area contributed by atoms with E-state index in [4.69, 9.17) is 9.52 Å². The SMILES string of the molecule is Cc1oc(CCO)nc1C1CCN(C)C1. The van der Waals surface area contributed by atoms with E-state index in [1.165, 1.54) is 0 Å². The summed E-state index contributed by atoms with van der Waals surface area (Å²) in [4.78, 5) is 6.77. The fourth-order valence-electron chi connectivity index (χ4n) is 2.20. The van der Waals surface area contributed by atoms with Gasteiger partial charge in [0.2, 0.25) is 0 Å². The van der Waals surface area contributed by atoms with Crippen molar-refractivity contribution in [2.45, 2.75) is 25.7 Å². The van der Waals surface area contributed by atoms with Gasteiger partial charge in [-0.3, -0.25) is 0 Å². The number of hydrogen-bond donors (Lipinski definition) is 1. The fourth-order valence-corrected chi connectivity index (χ4v) is 2.20. The number of likely N-dealkylation sites (tertiary alicyclic amines) is 1. The van der Waals surface area contributed by atoms with Crippen LogP contribution in [0.4, 0.5) is 0 Å². The fraction of sp³-hybridized carbons (Fsp3) is 0.727. The maximum atomic E-state index is 8.82. The topological polar surface area (TPSA) is 49.5 Å². The molecule has 1 N–H and O–H groups in total. The van der Waals surface area contributed by atoms with E-state index in [0.29, 0.717) is 18.2 Å². The Bertz CT molecular complexity index is 335. The van der Waals surface area contributed by atoms with Crippen LogP contribution in [-0.2, 0) is 6.42 Å². The van der Waals surface area contributed by atoms with Gasteiger partial charge in [0.15, 0.2) is 5.89 Å². The molecular formula is C11H18N2O2. The van der Waals surface area contributed by atoms with Crippen LogP contribution in [0, 0.1) is 6.92 Å². The van der Waals surface area contributed by atoms with E-state index in [-0.39, 0.29) is 6.61 Å². The summed E-state index contributed by atoms with van der Waals surface area (Å²) in [6.45, 7) is 4.25. The van der Waals surface area contributed by atoms with Gasteiger partial charge in [-0.2, -0.15) is 0 Å². The lowest BCUT2D eigenvalue weighted by atomic mass is 10.0.